The van der Waals surface area contributed by atoms with E-state index in [4.69, 9.17) is 23.2 Å². The van der Waals surface area contributed by atoms with Crippen LogP contribution < -0.4 is 5.32 Å². The van der Waals surface area contributed by atoms with Crippen LogP contribution in [0.15, 0.2) is 24.3 Å². The van der Waals surface area contributed by atoms with Crippen molar-refractivity contribution < 1.29 is 9.18 Å². The minimum absolute atomic E-state index is 0.224. The van der Waals surface area contributed by atoms with E-state index in [-0.39, 0.29) is 23.5 Å². The lowest BCUT2D eigenvalue weighted by Crippen LogP contribution is -2.49. The first-order valence-electron chi connectivity index (χ1n) is 5.61. The summed E-state index contributed by atoms with van der Waals surface area (Å²) in [6.07, 6.45) is 0. The summed E-state index contributed by atoms with van der Waals surface area (Å²) >= 11 is 12.8. The Labute approximate surface area is 124 Å². The van der Waals surface area contributed by atoms with Crippen LogP contribution >= 0.6 is 34.5 Å². The van der Waals surface area contributed by atoms with E-state index in [0.29, 0.717) is 4.88 Å². The number of hydrogen-bond donors (Lipinski definition) is 1. The minimum Gasteiger partial charge on any atom is -0.344 e. The van der Waals surface area contributed by atoms with Gasteiger partial charge in [0.15, 0.2) is 0 Å². The van der Waals surface area contributed by atoms with Gasteiger partial charge in [0.1, 0.15) is 5.82 Å². The maximum absolute atomic E-state index is 13.1. The molecule has 0 atom stereocenters. The van der Waals surface area contributed by atoms with Crippen LogP contribution in [0.5, 0.6) is 0 Å². The van der Waals surface area contributed by atoms with Crippen molar-refractivity contribution in [1.82, 2.24) is 5.32 Å². The standard InChI is InChI=1S/C13H12Cl2FNOS/c1-13(6-14,7-15)17-12(18)11-4-8-2-3-9(16)5-10(8)19-11/h2-5H,6-7H2,1H3,(H,17,18). The minimum atomic E-state index is -0.651. The van der Waals surface area contributed by atoms with Crippen molar-refractivity contribution in [3.63, 3.8) is 0 Å². The zero-order chi connectivity index (χ0) is 14.0. The number of halogens is 3. The van der Waals surface area contributed by atoms with Crippen molar-refractivity contribution in [2.45, 2.75) is 12.5 Å². The number of thiophene rings is 1. The van der Waals surface area contributed by atoms with Crippen LogP contribution in [0.4, 0.5) is 4.39 Å². The zero-order valence-corrected chi connectivity index (χ0v) is 12.5. The fraction of sp³-hybridized carbons (Fsp3) is 0.308. The van der Waals surface area contributed by atoms with Gasteiger partial charge in [-0.1, -0.05) is 6.07 Å². The van der Waals surface area contributed by atoms with E-state index in [0.717, 1.165) is 10.1 Å². The third-order valence-electron chi connectivity index (χ3n) is 2.71. The molecule has 1 amide bonds. The molecule has 2 aromatic rings. The molecule has 2 rings (SSSR count). The van der Waals surface area contributed by atoms with Gasteiger partial charge in [-0.05, 0) is 30.5 Å². The number of carbonyl (C=O) groups is 1. The molecule has 0 saturated carbocycles. The molecular formula is C13H12Cl2FNOS. The Morgan fingerprint density at radius 1 is 1.37 bits per heavy atom. The second-order valence-electron chi connectivity index (χ2n) is 4.57. The van der Waals surface area contributed by atoms with Gasteiger partial charge >= 0.3 is 0 Å². The van der Waals surface area contributed by atoms with E-state index in [1.807, 2.05) is 0 Å². The van der Waals surface area contributed by atoms with Gasteiger partial charge in [-0.2, -0.15) is 0 Å². The Kier molecular flexibility index (Phi) is 4.33. The van der Waals surface area contributed by atoms with Crippen LogP contribution in [0.3, 0.4) is 0 Å². The van der Waals surface area contributed by atoms with Crippen molar-refractivity contribution in [2.75, 3.05) is 11.8 Å². The Morgan fingerprint density at radius 2 is 2.05 bits per heavy atom. The van der Waals surface area contributed by atoms with E-state index in [1.165, 1.54) is 23.5 Å². The number of rotatable bonds is 4. The summed E-state index contributed by atoms with van der Waals surface area (Å²) in [4.78, 5) is 12.6. The molecule has 0 aliphatic carbocycles. The van der Waals surface area contributed by atoms with Crippen LogP contribution in [0, 0.1) is 5.82 Å². The number of benzene rings is 1. The lowest BCUT2D eigenvalue weighted by atomic mass is 10.1. The fourth-order valence-corrected chi connectivity index (χ4v) is 2.96. The molecule has 6 heteroatoms. The summed E-state index contributed by atoms with van der Waals surface area (Å²) in [7, 11) is 0. The predicted octanol–water partition coefficient (Wildman–Crippen LogP) is 4.01. The van der Waals surface area contributed by atoms with E-state index >= 15 is 0 Å². The van der Waals surface area contributed by atoms with Crippen molar-refractivity contribution in [3.8, 4) is 0 Å². The molecule has 0 fully saturated rings. The van der Waals surface area contributed by atoms with E-state index < -0.39 is 5.54 Å². The molecule has 1 heterocycles. The predicted molar refractivity (Wildman–Crippen MR) is 79.1 cm³/mol. The summed E-state index contributed by atoms with van der Waals surface area (Å²) in [5.74, 6) is -0.109. The van der Waals surface area contributed by atoms with Crippen molar-refractivity contribution in [2.24, 2.45) is 0 Å². The molecule has 0 radical (unpaired) electrons. The third-order valence-corrected chi connectivity index (χ3v) is 4.99. The highest BCUT2D eigenvalue weighted by Gasteiger charge is 2.25. The highest BCUT2D eigenvalue weighted by molar-refractivity contribution is 7.20. The lowest BCUT2D eigenvalue weighted by molar-refractivity contribution is 0.0925. The molecule has 1 aromatic carbocycles. The highest BCUT2D eigenvalue weighted by atomic mass is 35.5. The molecule has 0 bridgehead atoms. The first kappa shape index (κ1) is 14.6. The Hall–Kier alpha value is -0.840. The van der Waals surface area contributed by atoms with Crippen molar-refractivity contribution >= 4 is 50.5 Å². The van der Waals surface area contributed by atoms with Crippen LogP contribution in [0.1, 0.15) is 16.6 Å². The van der Waals surface area contributed by atoms with Gasteiger partial charge in [-0.15, -0.1) is 34.5 Å². The van der Waals surface area contributed by atoms with Gasteiger partial charge in [0, 0.05) is 16.5 Å². The van der Waals surface area contributed by atoms with Crippen LogP contribution in [-0.4, -0.2) is 23.2 Å². The van der Waals surface area contributed by atoms with E-state index in [1.54, 1.807) is 19.1 Å². The van der Waals surface area contributed by atoms with Gasteiger partial charge in [0.05, 0.1) is 10.4 Å². The molecule has 0 aliphatic heterocycles. The Bertz CT molecular complexity index is 610. The molecule has 0 aliphatic rings. The first-order valence-corrected chi connectivity index (χ1v) is 7.49. The topological polar surface area (TPSA) is 29.1 Å². The largest absolute Gasteiger partial charge is 0.344 e. The van der Waals surface area contributed by atoms with Gasteiger partial charge in [0.25, 0.3) is 5.91 Å². The second kappa shape index (κ2) is 5.65. The summed E-state index contributed by atoms with van der Waals surface area (Å²) < 4.78 is 13.8. The summed E-state index contributed by atoms with van der Waals surface area (Å²) in [6, 6.07) is 6.18. The number of alkyl halides is 2. The number of hydrogen-bond acceptors (Lipinski definition) is 2. The fourth-order valence-electron chi connectivity index (χ4n) is 1.56. The highest BCUT2D eigenvalue weighted by Crippen LogP contribution is 2.26. The molecule has 0 saturated heterocycles. The van der Waals surface area contributed by atoms with Crippen LogP contribution in [0.25, 0.3) is 10.1 Å². The summed E-state index contributed by atoms with van der Waals surface area (Å²) in [5, 5.41) is 3.64. The maximum atomic E-state index is 13.1. The number of nitrogens with one attached hydrogen (secondary N) is 1. The van der Waals surface area contributed by atoms with Gasteiger partial charge < -0.3 is 5.32 Å². The zero-order valence-electron chi connectivity index (χ0n) is 10.2. The SMILES string of the molecule is CC(CCl)(CCl)NC(=O)c1cc2ccc(F)cc2s1. The number of amides is 1. The average molecular weight is 320 g/mol. The molecule has 1 aromatic heterocycles. The number of fused-ring (bicyclic) bond motifs is 1. The summed E-state index contributed by atoms with van der Waals surface area (Å²) in [5.41, 5.74) is -0.651. The molecule has 19 heavy (non-hydrogen) atoms. The van der Waals surface area contributed by atoms with Gasteiger partial charge in [-0.3, -0.25) is 4.79 Å². The molecule has 102 valence electrons. The van der Waals surface area contributed by atoms with Crippen molar-refractivity contribution in [3.05, 3.63) is 35.0 Å². The van der Waals surface area contributed by atoms with Crippen LogP contribution in [-0.2, 0) is 0 Å². The third kappa shape index (κ3) is 3.19. The number of carbonyl (C=O) groups excluding carboxylic acids is 1. The molecule has 0 spiro atoms. The monoisotopic (exact) mass is 319 g/mol. The normalized spacial score (nSPS) is 11.8. The average Bonchev–Trinajstić information content (AvgIpc) is 2.81. The molecule has 1 N–H and O–H groups in total. The van der Waals surface area contributed by atoms with E-state index in [9.17, 15) is 9.18 Å². The van der Waals surface area contributed by atoms with Crippen LogP contribution in [0.2, 0.25) is 0 Å². The van der Waals surface area contributed by atoms with Gasteiger partial charge in [-0.25, -0.2) is 4.39 Å². The first-order chi connectivity index (χ1) is 8.97. The quantitative estimate of drug-likeness (QED) is 0.848. The van der Waals surface area contributed by atoms with Gasteiger partial charge in [0.2, 0.25) is 0 Å². The Balaban J connectivity index is 2.27. The summed E-state index contributed by atoms with van der Waals surface area (Å²) in [6.45, 7) is 1.78. The molecule has 0 unspecified atom stereocenters. The molecular weight excluding hydrogens is 308 g/mol. The Morgan fingerprint density at radius 3 is 2.68 bits per heavy atom. The molecule has 2 nitrogen and oxygen atoms in total. The second-order valence-corrected chi connectivity index (χ2v) is 6.19. The maximum Gasteiger partial charge on any atom is 0.261 e. The van der Waals surface area contributed by atoms with Crippen molar-refractivity contribution in [1.29, 1.82) is 0 Å². The van der Waals surface area contributed by atoms with E-state index in [2.05, 4.69) is 5.32 Å². The smallest absolute Gasteiger partial charge is 0.261 e. The lowest BCUT2D eigenvalue weighted by Gasteiger charge is -2.25.